The topological polar surface area (TPSA) is 66.7 Å². The van der Waals surface area contributed by atoms with Gasteiger partial charge in [-0.3, -0.25) is 9.59 Å². The zero-order valence-corrected chi connectivity index (χ0v) is 14.6. The van der Waals surface area contributed by atoms with Crippen molar-refractivity contribution in [1.82, 2.24) is 14.3 Å². The van der Waals surface area contributed by atoms with Crippen molar-refractivity contribution < 1.29 is 9.59 Å². The third-order valence-corrected chi connectivity index (χ3v) is 4.77. The molecule has 0 unspecified atom stereocenters. The molecular formula is C20H20N4O2. The molecule has 1 N–H and O–H groups in total. The summed E-state index contributed by atoms with van der Waals surface area (Å²) in [6, 6.07) is 14.6. The fourth-order valence-corrected chi connectivity index (χ4v) is 3.43. The molecule has 2 amide bonds. The van der Waals surface area contributed by atoms with E-state index in [1.165, 1.54) is 0 Å². The van der Waals surface area contributed by atoms with Gasteiger partial charge >= 0.3 is 0 Å². The number of rotatable bonds is 3. The number of hydrogen-bond donors (Lipinski definition) is 1. The summed E-state index contributed by atoms with van der Waals surface area (Å²) in [5.41, 5.74) is 2.85. The molecule has 6 heteroatoms. The van der Waals surface area contributed by atoms with E-state index in [0.29, 0.717) is 18.7 Å². The van der Waals surface area contributed by atoms with Crippen LogP contribution in [0.15, 0.2) is 54.7 Å². The molecule has 1 saturated heterocycles. The van der Waals surface area contributed by atoms with Crippen molar-refractivity contribution in [2.24, 2.45) is 0 Å². The summed E-state index contributed by atoms with van der Waals surface area (Å²) in [5, 5.41) is 2.90. The maximum Gasteiger partial charge on any atom is 0.274 e. The van der Waals surface area contributed by atoms with Crippen LogP contribution in [0.2, 0.25) is 0 Å². The molecule has 0 bridgehead atoms. The van der Waals surface area contributed by atoms with Gasteiger partial charge < -0.3 is 14.6 Å². The molecule has 0 saturated carbocycles. The van der Waals surface area contributed by atoms with E-state index in [1.807, 2.05) is 59.9 Å². The molecule has 2 aromatic heterocycles. The van der Waals surface area contributed by atoms with Gasteiger partial charge in [-0.2, -0.15) is 0 Å². The monoisotopic (exact) mass is 348 g/mol. The summed E-state index contributed by atoms with van der Waals surface area (Å²) in [7, 11) is 0. The minimum absolute atomic E-state index is 0.151. The van der Waals surface area contributed by atoms with E-state index in [0.717, 1.165) is 23.4 Å². The Labute approximate surface area is 151 Å². The van der Waals surface area contributed by atoms with Gasteiger partial charge in [0.15, 0.2) is 0 Å². The first-order valence-electron chi connectivity index (χ1n) is 8.75. The number of nitrogens with one attached hydrogen (secondary N) is 1. The first-order valence-corrected chi connectivity index (χ1v) is 8.75. The lowest BCUT2D eigenvalue weighted by Gasteiger charge is -2.23. The molecule has 1 atom stereocenters. The second-order valence-electron chi connectivity index (χ2n) is 6.53. The van der Waals surface area contributed by atoms with Crippen LogP contribution in [0, 0.1) is 6.92 Å². The highest BCUT2D eigenvalue weighted by Crippen LogP contribution is 2.22. The van der Waals surface area contributed by atoms with Crippen molar-refractivity contribution in [1.29, 1.82) is 0 Å². The normalized spacial score (nSPS) is 16.8. The summed E-state index contributed by atoms with van der Waals surface area (Å²) in [4.78, 5) is 31.7. The van der Waals surface area contributed by atoms with Gasteiger partial charge in [-0.15, -0.1) is 0 Å². The van der Waals surface area contributed by atoms with Crippen LogP contribution in [0.4, 0.5) is 5.69 Å². The van der Waals surface area contributed by atoms with Crippen molar-refractivity contribution in [3.8, 4) is 0 Å². The number of imidazole rings is 1. The molecule has 0 spiro atoms. The number of benzene rings is 1. The average Bonchev–Trinajstić information content (AvgIpc) is 3.30. The van der Waals surface area contributed by atoms with E-state index in [2.05, 4.69) is 10.3 Å². The lowest BCUT2D eigenvalue weighted by atomic mass is 10.2. The predicted molar refractivity (Wildman–Crippen MR) is 99.1 cm³/mol. The van der Waals surface area contributed by atoms with E-state index in [-0.39, 0.29) is 11.8 Å². The molecule has 1 aromatic carbocycles. The maximum atomic E-state index is 13.0. The number of carbonyl (C=O) groups is 2. The average molecular weight is 348 g/mol. The van der Waals surface area contributed by atoms with Gasteiger partial charge in [0.2, 0.25) is 5.91 Å². The molecule has 1 fully saturated rings. The highest BCUT2D eigenvalue weighted by atomic mass is 16.2. The number of fused-ring (bicyclic) bond motifs is 1. The Balaban J connectivity index is 1.56. The zero-order chi connectivity index (χ0) is 18.1. The standard InChI is InChI=1S/C20H20N4O2/c1-14-7-5-11-18-22-16(13-24(14)18)20(26)23-12-6-10-17(23)19(25)21-15-8-3-2-4-9-15/h2-5,7-9,11,13,17H,6,10,12H2,1H3,(H,21,25)/t17-/m1/s1. The Kier molecular flexibility index (Phi) is 4.16. The summed E-state index contributed by atoms with van der Waals surface area (Å²) in [6.07, 6.45) is 3.22. The van der Waals surface area contributed by atoms with E-state index in [4.69, 9.17) is 0 Å². The molecule has 0 aliphatic carbocycles. The first kappa shape index (κ1) is 16.3. The Bertz CT molecular complexity index is 964. The Morgan fingerprint density at radius 2 is 1.92 bits per heavy atom. The number of hydrogen-bond acceptors (Lipinski definition) is 3. The van der Waals surface area contributed by atoms with E-state index < -0.39 is 6.04 Å². The molecule has 132 valence electrons. The molecular weight excluding hydrogens is 328 g/mol. The highest BCUT2D eigenvalue weighted by molar-refractivity contribution is 6.01. The van der Waals surface area contributed by atoms with E-state index in [9.17, 15) is 9.59 Å². The molecule has 1 aliphatic rings. The van der Waals surface area contributed by atoms with Gasteiger partial charge in [-0.1, -0.05) is 24.3 Å². The second-order valence-corrected chi connectivity index (χ2v) is 6.53. The number of nitrogens with zero attached hydrogens (tertiary/aromatic N) is 3. The van der Waals surface area contributed by atoms with Crippen LogP contribution in [0.3, 0.4) is 0 Å². The largest absolute Gasteiger partial charge is 0.325 e. The highest BCUT2D eigenvalue weighted by Gasteiger charge is 2.35. The molecule has 1 aliphatic heterocycles. The number of carbonyl (C=O) groups excluding carboxylic acids is 2. The molecule has 3 aromatic rings. The van der Waals surface area contributed by atoms with Crippen molar-refractivity contribution >= 4 is 23.1 Å². The summed E-state index contributed by atoms with van der Waals surface area (Å²) >= 11 is 0. The van der Waals surface area contributed by atoms with Gasteiger partial charge in [-0.25, -0.2) is 4.98 Å². The predicted octanol–water partition coefficient (Wildman–Crippen LogP) is 2.89. The van der Waals surface area contributed by atoms with Gasteiger partial charge in [-0.05, 0) is 44.0 Å². The molecule has 0 radical (unpaired) electrons. The molecule has 3 heterocycles. The Morgan fingerprint density at radius 1 is 1.12 bits per heavy atom. The van der Waals surface area contributed by atoms with Crippen molar-refractivity contribution in [3.05, 3.63) is 66.1 Å². The van der Waals surface area contributed by atoms with E-state index in [1.54, 1.807) is 11.1 Å². The SMILES string of the molecule is Cc1cccc2nc(C(=O)N3CCC[C@@H]3C(=O)Nc3ccccc3)cn12. The van der Waals surface area contributed by atoms with Crippen molar-refractivity contribution in [2.45, 2.75) is 25.8 Å². The summed E-state index contributed by atoms with van der Waals surface area (Å²) in [6.45, 7) is 2.54. The van der Waals surface area contributed by atoms with Gasteiger partial charge in [0, 0.05) is 24.1 Å². The van der Waals surface area contributed by atoms with Crippen LogP contribution < -0.4 is 5.32 Å². The summed E-state index contributed by atoms with van der Waals surface area (Å²) < 4.78 is 1.89. The number of anilines is 1. The van der Waals surface area contributed by atoms with Gasteiger partial charge in [0.25, 0.3) is 5.91 Å². The molecule has 26 heavy (non-hydrogen) atoms. The number of likely N-dealkylation sites (tertiary alicyclic amines) is 1. The Hall–Kier alpha value is -3.15. The molecule has 6 nitrogen and oxygen atoms in total. The van der Waals surface area contributed by atoms with Crippen LogP contribution in [-0.2, 0) is 4.79 Å². The van der Waals surface area contributed by atoms with Crippen LogP contribution in [0.25, 0.3) is 5.65 Å². The Morgan fingerprint density at radius 3 is 2.69 bits per heavy atom. The molecule has 4 rings (SSSR count). The minimum Gasteiger partial charge on any atom is -0.325 e. The van der Waals surface area contributed by atoms with Crippen LogP contribution in [0.5, 0.6) is 0 Å². The number of aromatic nitrogens is 2. The fourth-order valence-electron chi connectivity index (χ4n) is 3.43. The van der Waals surface area contributed by atoms with Crippen LogP contribution >= 0.6 is 0 Å². The third kappa shape index (κ3) is 2.94. The zero-order valence-electron chi connectivity index (χ0n) is 14.6. The number of amides is 2. The number of pyridine rings is 1. The number of aryl methyl sites for hydroxylation is 1. The lowest BCUT2D eigenvalue weighted by Crippen LogP contribution is -2.43. The first-order chi connectivity index (χ1) is 12.6. The smallest absolute Gasteiger partial charge is 0.274 e. The summed E-state index contributed by atoms with van der Waals surface area (Å²) in [5.74, 6) is -0.346. The van der Waals surface area contributed by atoms with E-state index >= 15 is 0 Å². The van der Waals surface area contributed by atoms with Crippen molar-refractivity contribution in [2.75, 3.05) is 11.9 Å². The van der Waals surface area contributed by atoms with Gasteiger partial charge in [0.05, 0.1) is 0 Å². The van der Waals surface area contributed by atoms with Crippen LogP contribution in [0.1, 0.15) is 29.0 Å². The quantitative estimate of drug-likeness (QED) is 0.791. The number of para-hydroxylation sites is 1. The third-order valence-electron chi connectivity index (χ3n) is 4.77. The lowest BCUT2D eigenvalue weighted by molar-refractivity contribution is -0.119. The van der Waals surface area contributed by atoms with Crippen molar-refractivity contribution in [3.63, 3.8) is 0 Å². The fraction of sp³-hybridized carbons (Fsp3) is 0.250. The maximum absolute atomic E-state index is 13.0. The van der Waals surface area contributed by atoms with Crippen LogP contribution in [-0.4, -0.2) is 38.7 Å². The second kappa shape index (κ2) is 6.63. The minimum atomic E-state index is -0.464. The van der Waals surface area contributed by atoms with Gasteiger partial charge in [0.1, 0.15) is 17.4 Å².